The fraction of sp³-hybridized carbons (Fsp3) is 0.143. The third-order valence-corrected chi connectivity index (χ3v) is 2.75. The van der Waals surface area contributed by atoms with E-state index in [1.165, 1.54) is 0 Å². The van der Waals surface area contributed by atoms with Gasteiger partial charge >= 0.3 is 0 Å². The summed E-state index contributed by atoms with van der Waals surface area (Å²) in [6.45, 7) is 2.06. The number of hydrazone groups is 1. The zero-order valence-corrected chi connectivity index (χ0v) is 10.9. The molecule has 0 saturated carbocycles. The van der Waals surface area contributed by atoms with Gasteiger partial charge in [-0.3, -0.25) is 10.4 Å². The van der Waals surface area contributed by atoms with Gasteiger partial charge in [-0.15, -0.1) is 0 Å². The number of aromatic nitrogens is 1. The summed E-state index contributed by atoms with van der Waals surface area (Å²) in [5, 5.41) is 5.11. The van der Waals surface area contributed by atoms with Crippen LogP contribution in [0.2, 0.25) is 5.02 Å². The Kier molecular flexibility index (Phi) is 4.31. The van der Waals surface area contributed by atoms with Crippen LogP contribution in [-0.4, -0.2) is 10.7 Å². The first-order valence-electron chi connectivity index (χ1n) is 5.78. The van der Waals surface area contributed by atoms with Crippen LogP contribution in [0.1, 0.15) is 18.9 Å². The number of rotatable bonds is 4. The maximum atomic E-state index is 5.83. The number of anilines is 1. The molecule has 1 aromatic carbocycles. The Morgan fingerprint density at radius 2 is 2.06 bits per heavy atom. The van der Waals surface area contributed by atoms with Gasteiger partial charge in [0.05, 0.1) is 11.4 Å². The third kappa shape index (κ3) is 3.31. The first-order chi connectivity index (χ1) is 8.79. The monoisotopic (exact) mass is 259 g/mol. The standard InChI is InChI=1S/C14H14ClN3/c1-2-14(11-4-3-9-16-10-11)18-17-13-7-5-12(15)6-8-13/h3-10,17H,2H2,1H3. The molecular weight excluding hydrogens is 246 g/mol. The lowest BCUT2D eigenvalue weighted by Crippen LogP contribution is -2.03. The van der Waals surface area contributed by atoms with Gasteiger partial charge in [-0.25, -0.2) is 0 Å². The topological polar surface area (TPSA) is 37.3 Å². The fourth-order valence-corrected chi connectivity index (χ4v) is 1.66. The number of hydrogen-bond donors (Lipinski definition) is 1. The van der Waals surface area contributed by atoms with Gasteiger partial charge in [-0.2, -0.15) is 5.10 Å². The van der Waals surface area contributed by atoms with Gasteiger partial charge in [0, 0.05) is 23.0 Å². The van der Waals surface area contributed by atoms with E-state index in [1.807, 2.05) is 42.6 Å². The van der Waals surface area contributed by atoms with E-state index < -0.39 is 0 Å². The van der Waals surface area contributed by atoms with E-state index in [1.54, 1.807) is 6.20 Å². The van der Waals surface area contributed by atoms with Gasteiger partial charge in [-0.05, 0) is 36.8 Å². The summed E-state index contributed by atoms with van der Waals surface area (Å²) in [5.41, 5.74) is 5.93. The van der Waals surface area contributed by atoms with Crippen molar-refractivity contribution in [2.45, 2.75) is 13.3 Å². The molecular formula is C14H14ClN3. The second-order valence-electron chi connectivity index (χ2n) is 3.77. The number of benzene rings is 1. The molecule has 0 fully saturated rings. The lowest BCUT2D eigenvalue weighted by molar-refractivity contribution is 1.20. The Bertz CT molecular complexity index is 520. The van der Waals surface area contributed by atoms with Crippen molar-refractivity contribution in [1.82, 2.24) is 4.98 Å². The summed E-state index contributed by atoms with van der Waals surface area (Å²) < 4.78 is 0. The summed E-state index contributed by atoms with van der Waals surface area (Å²) in [6, 6.07) is 11.3. The van der Waals surface area contributed by atoms with Crippen LogP contribution in [0.15, 0.2) is 53.9 Å². The predicted molar refractivity (Wildman–Crippen MR) is 76.1 cm³/mol. The van der Waals surface area contributed by atoms with Crippen molar-refractivity contribution < 1.29 is 0 Å². The highest BCUT2D eigenvalue weighted by Gasteiger charge is 2.00. The van der Waals surface area contributed by atoms with Gasteiger partial charge in [0.25, 0.3) is 0 Å². The molecule has 3 nitrogen and oxygen atoms in total. The number of nitrogens with zero attached hydrogens (tertiary/aromatic N) is 2. The summed E-state index contributed by atoms with van der Waals surface area (Å²) >= 11 is 5.83. The van der Waals surface area contributed by atoms with E-state index >= 15 is 0 Å². The van der Waals surface area contributed by atoms with Gasteiger partial charge in [0.2, 0.25) is 0 Å². The van der Waals surface area contributed by atoms with Crippen molar-refractivity contribution in [1.29, 1.82) is 0 Å². The van der Waals surface area contributed by atoms with Gasteiger partial charge in [-0.1, -0.05) is 24.6 Å². The average molecular weight is 260 g/mol. The Morgan fingerprint density at radius 1 is 1.28 bits per heavy atom. The summed E-state index contributed by atoms with van der Waals surface area (Å²) in [5.74, 6) is 0. The molecule has 2 rings (SSSR count). The molecule has 0 bridgehead atoms. The molecule has 18 heavy (non-hydrogen) atoms. The van der Waals surface area contributed by atoms with Crippen LogP contribution in [0, 0.1) is 0 Å². The molecule has 0 unspecified atom stereocenters. The van der Waals surface area contributed by atoms with Crippen LogP contribution in [0.5, 0.6) is 0 Å². The van der Waals surface area contributed by atoms with Gasteiger partial charge < -0.3 is 0 Å². The number of pyridine rings is 1. The molecule has 2 aromatic rings. The first-order valence-corrected chi connectivity index (χ1v) is 6.16. The largest absolute Gasteiger partial charge is 0.278 e. The molecule has 1 heterocycles. The number of hydrogen-bond acceptors (Lipinski definition) is 3. The van der Waals surface area contributed by atoms with Gasteiger partial charge in [0.15, 0.2) is 0 Å². The second kappa shape index (κ2) is 6.17. The smallest absolute Gasteiger partial charge is 0.0692 e. The maximum absolute atomic E-state index is 5.83. The fourth-order valence-electron chi connectivity index (χ4n) is 1.54. The predicted octanol–water partition coefficient (Wildman–Crippen LogP) is 3.96. The molecule has 0 atom stereocenters. The van der Waals surface area contributed by atoms with Crippen molar-refractivity contribution >= 4 is 23.0 Å². The van der Waals surface area contributed by atoms with E-state index in [9.17, 15) is 0 Å². The molecule has 1 N–H and O–H groups in total. The van der Waals surface area contributed by atoms with Crippen molar-refractivity contribution in [2.24, 2.45) is 5.10 Å². The molecule has 4 heteroatoms. The molecule has 1 aromatic heterocycles. The van der Waals surface area contributed by atoms with Crippen molar-refractivity contribution in [3.8, 4) is 0 Å². The Morgan fingerprint density at radius 3 is 2.67 bits per heavy atom. The summed E-state index contributed by atoms with van der Waals surface area (Å²) in [4.78, 5) is 4.09. The Hall–Kier alpha value is -1.87. The van der Waals surface area contributed by atoms with Crippen molar-refractivity contribution in [3.05, 3.63) is 59.4 Å². The van der Waals surface area contributed by atoms with Crippen LogP contribution >= 0.6 is 11.6 Å². The van der Waals surface area contributed by atoms with E-state index in [0.717, 1.165) is 23.4 Å². The Labute approximate surface area is 112 Å². The van der Waals surface area contributed by atoms with Crippen LogP contribution in [0.4, 0.5) is 5.69 Å². The molecule has 0 aliphatic carbocycles. The van der Waals surface area contributed by atoms with Crippen LogP contribution in [0.3, 0.4) is 0 Å². The van der Waals surface area contributed by atoms with E-state index in [-0.39, 0.29) is 0 Å². The zero-order chi connectivity index (χ0) is 12.8. The van der Waals surface area contributed by atoms with Crippen LogP contribution in [0.25, 0.3) is 0 Å². The number of nitrogens with one attached hydrogen (secondary N) is 1. The minimum absolute atomic E-state index is 0.715. The minimum Gasteiger partial charge on any atom is -0.278 e. The maximum Gasteiger partial charge on any atom is 0.0692 e. The minimum atomic E-state index is 0.715. The molecule has 0 radical (unpaired) electrons. The van der Waals surface area contributed by atoms with E-state index in [0.29, 0.717) is 5.02 Å². The molecule has 92 valence electrons. The van der Waals surface area contributed by atoms with E-state index in [4.69, 9.17) is 11.6 Å². The highest BCUT2D eigenvalue weighted by Crippen LogP contribution is 2.13. The average Bonchev–Trinajstić information content (AvgIpc) is 2.43. The zero-order valence-electron chi connectivity index (χ0n) is 10.1. The van der Waals surface area contributed by atoms with Crippen molar-refractivity contribution in [2.75, 3.05) is 5.43 Å². The van der Waals surface area contributed by atoms with Crippen LogP contribution < -0.4 is 5.43 Å². The first kappa shape index (κ1) is 12.6. The van der Waals surface area contributed by atoms with Crippen LogP contribution in [-0.2, 0) is 0 Å². The SMILES string of the molecule is CCC(=NNc1ccc(Cl)cc1)c1cccnc1. The molecule has 0 aliphatic rings. The highest BCUT2D eigenvalue weighted by atomic mass is 35.5. The third-order valence-electron chi connectivity index (χ3n) is 2.49. The quantitative estimate of drug-likeness (QED) is 0.667. The lowest BCUT2D eigenvalue weighted by atomic mass is 10.1. The number of halogens is 1. The second-order valence-corrected chi connectivity index (χ2v) is 4.21. The highest BCUT2D eigenvalue weighted by molar-refractivity contribution is 6.30. The molecule has 0 aliphatic heterocycles. The Balaban J connectivity index is 2.14. The summed E-state index contributed by atoms with van der Waals surface area (Å²) in [7, 11) is 0. The normalized spacial score (nSPS) is 11.3. The summed E-state index contributed by atoms with van der Waals surface area (Å²) in [6.07, 6.45) is 4.40. The lowest BCUT2D eigenvalue weighted by Gasteiger charge is -2.05. The molecule has 0 saturated heterocycles. The molecule has 0 spiro atoms. The van der Waals surface area contributed by atoms with Gasteiger partial charge in [0.1, 0.15) is 0 Å². The van der Waals surface area contributed by atoms with Crippen molar-refractivity contribution in [3.63, 3.8) is 0 Å². The molecule has 0 amide bonds. The van der Waals surface area contributed by atoms with E-state index in [2.05, 4.69) is 22.4 Å².